The van der Waals surface area contributed by atoms with Gasteiger partial charge < -0.3 is 0 Å². The number of pyridine rings is 1. The Hall–Kier alpha value is -1.36. The second-order valence-corrected chi connectivity index (χ2v) is 6.44. The first-order chi connectivity index (χ1) is 10.7. The molecule has 22 heavy (non-hydrogen) atoms. The van der Waals surface area contributed by atoms with Gasteiger partial charge in [0.1, 0.15) is 4.60 Å². The highest BCUT2D eigenvalue weighted by Gasteiger charge is 2.11. The molecule has 0 atom stereocenters. The van der Waals surface area contributed by atoms with Crippen LogP contribution < -0.4 is 5.69 Å². The third-order valence-electron chi connectivity index (χ3n) is 3.80. The van der Waals surface area contributed by atoms with Gasteiger partial charge in [-0.1, -0.05) is 32.8 Å². The first kappa shape index (κ1) is 17.0. The zero-order valence-corrected chi connectivity index (χ0v) is 15.0. The lowest BCUT2D eigenvalue weighted by Crippen LogP contribution is -2.25. The van der Waals surface area contributed by atoms with Gasteiger partial charge in [-0.25, -0.2) is 9.78 Å². The van der Waals surface area contributed by atoms with Crippen molar-refractivity contribution in [2.75, 3.05) is 0 Å². The summed E-state index contributed by atoms with van der Waals surface area (Å²) in [5.41, 5.74) is 2.28. The van der Waals surface area contributed by atoms with Crippen molar-refractivity contribution in [3.05, 3.63) is 50.9 Å². The summed E-state index contributed by atoms with van der Waals surface area (Å²) in [6.45, 7) is 5.72. The van der Waals surface area contributed by atoms with Crippen LogP contribution in [-0.4, -0.2) is 14.1 Å². The predicted molar refractivity (Wildman–Crippen MR) is 93.3 cm³/mol. The average molecular weight is 366 g/mol. The lowest BCUT2D eigenvalue weighted by atomic mass is 10.2. The molecule has 0 aliphatic rings. The van der Waals surface area contributed by atoms with Crippen LogP contribution in [0, 0.1) is 0 Å². The summed E-state index contributed by atoms with van der Waals surface area (Å²) in [7, 11) is 0. The summed E-state index contributed by atoms with van der Waals surface area (Å²) in [4.78, 5) is 16.9. The van der Waals surface area contributed by atoms with Gasteiger partial charge in [0.15, 0.2) is 0 Å². The summed E-state index contributed by atoms with van der Waals surface area (Å²) < 4.78 is 4.58. The van der Waals surface area contributed by atoms with Gasteiger partial charge in [0, 0.05) is 24.6 Å². The highest BCUT2D eigenvalue weighted by molar-refractivity contribution is 9.10. The maximum absolute atomic E-state index is 12.6. The fourth-order valence-electron chi connectivity index (χ4n) is 2.48. The molecule has 0 spiro atoms. The highest BCUT2D eigenvalue weighted by Crippen LogP contribution is 2.11. The topological polar surface area (TPSA) is 39.8 Å². The molecule has 0 aromatic carbocycles. The molecule has 0 saturated carbocycles. The Labute approximate surface area is 140 Å². The Morgan fingerprint density at radius 2 is 1.95 bits per heavy atom. The molecule has 2 aromatic rings. The van der Waals surface area contributed by atoms with E-state index in [1.807, 2.05) is 33.7 Å². The average Bonchev–Trinajstić information content (AvgIpc) is 2.81. The molecule has 2 rings (SSSR count). The maximum atomic E-state index is 12.6. The Balaban J connectivity index is 2.27. The molecule has 0 radical (unpaired) electrons. The Bertz CT molecular complexity index is 643. The normalized spacial score (nSPS) is 11.0. The first-order valence-corrected chi connectivity index (χ1v) is 8.84. The van der Waals surface area contributed by atoms with Crippen molar-refractivity contribution < 1.29 is 0 Å². The number of aromatic nitrogens is 3. The van der Waals surface area contributed by atoms with E-state index in [-0.39, 0.29) is 5.69 Å². The molecule has 2 heterocycles. The number of hydrogen-bond acceptors (Lipinski definition) is 2. The third-order valence-corrected chi connectivity index (χ3v) is 4.27. The second kappa shape index (κ2) is 8.32. The Kier molecular flexibility index (Phi) is 6.43. The van der Waals surface area contributed by atoms with E-state index >= 15 is 0 Å². The molecule has 0 amide bonds. The van der Waals surface area contributed by atoms with Crippen LogP contribution in [0.5, 0.6) is 0 Å². The van der Waals surface area contributed by atoms with Crippen molar-refractivity contribution in [1.82, 2.24) is 14.1 Å². The summed E-state index contributed by atoms with van der Waals surface area (Å²) in [6, 6.07) is 3.93. The summed E-state index contributed by atoms with van der Waals surface area (Å²) in [6.07, 6.45) is 9.19. The van der Waals surface area contributed by atoms with Crippen LogP contribution in [0.15, 0.2) is 33.9 Å². The van der Waals surface area contributed by atoms with Crippen molar-refractivity contribution >= 4 is 15.9 Å². The Morgan fingerprint density at radius 1 is 1.18 bits per heavy atom. The van der Waals surface area contributed by atoms with Crippen LogP contribution in [0.25, 0.3) is 0 Å². The molecule has 120 valence electrons. The molecule has 5 heteroatoms. The van der Waals surface area contributed by atoms with Crippen molar-refractivity contribution in [1.29, 1.82) is 0 Å². The van der Waals surface area contributed by atoms with Crippen LogP contribution in [0.2, 0.25) is 0 Å². The van der Waals surface area contributed by atoms with Gasteiger partial charge in [-0.2, -0.15) is 0 Å². The van der Waals surface area contributed by atoms with Gasteiger partial charge in [0.2, 0.25) is 0 Å². The molecule has 0 fully saturated rings. The van der Waals surface area contributed by atoms with E-state index in [0.29, 0.717) is 6.54 Å². The fourth-order valence-corrected chi connectivity index (χ4v) is 2.72. The summed E-state index contributed by atoms with van der Waals surface area (Å²) in [5, 5.41) is 0. The van der Waals surface area contributed by atoms with Crippen molar-refractivity contribution in [3.63, 3.8) is 0 Å². The minimum absolute atomic E-state index is 0.0995. The van der Waals surface area contributed by atoms with Crippen LogP contribution in [0.3, 0.4) is 0 Å². The summed E-state index contributed by atoms with van der Waals surface area (Å²) in [5.74, 6) is 0. The predicted octanol–water partition coefficient (Wildman–Crippen LogP) is 4.00. The van der Waals surface area contributed by atoms with Crippen LogP contribution in [0.4, 0.5) is 0 Å². The Morgan fingerprint density at radius 3 is 2.59 bits per heavy atom. The molecule has 0 N–H and O–H groups in total. The van der Waals surface area contributed by atoms with Crippen LogP contribution in [0.1, 0.15) is 50.8 Å². The van der Waals surface area contributed by atoms with Gasteiger partial charge in [-0.15, -0.1) is 0 Å². The minimum atomic E-state index is 0.0995. The monoisotopic (exact) mass is 365 g/mol. The number of unbranched alkanes of at least 4 members (excludes halogenated alkanes) is 2. The summed E-state index contributed by atoms with van der Waals surface area (Å²) >= 11 is 3.34. The van der Waals surface area contributed by atoms with E-state index < -0.39 is 0 Å². The van der Waals surface area contributed by atoms with Gasteiger partial charge in [0.25, 0.3) is 0 Å². The minimum Gasteiger partial charge on any atom is -0.299 e. The van der Waals surface area contributed by atoms with Crippen molar-refractivity contribution in [3.8, 4) is 0 Å². The zero-order valence-electron chi connectivity index (χ0n) is 13.4. The van der Waals surface area contributed by atoms with E-state index in [9.17, 15) is 4.79 Å². The largest absolute Gasteiger partial charge is 0.328 e. The molecule has 0 bridgehead atoms. The number of halogens is 1. The number of rotatable bonds is 8. The van der Waals surface area contributed by atoms with Crippen molar-refractivity contribution in [2.24, 2.45) is 0 Å². The van der Waals surface area contributed by atoms with Crippen LogP contribution >= 0.6 is 15.9 Å². The lowest BCUT2D eigenvalue weighted by Gasteiger charge is -2.07. The second-order valence-electron chi connectivity index (χ2n) is 5.63. The van der Waals surface area contributed by atoms with E-state index in [4.69, 9.17) is 0 Å². The number of hydrogen-bond donors (Lipinski definition) is 0. The molecule has 0 saturated heterocycles. The van der Waals surface area contributed by atoms with Gasteiger partial charge in [-0.05, 0) is 46.8 Å². The van der Waals surface area contributed by atoms with Gasteiger partial charge in [0.05, 0.1) is 6.54 Å². The number of nitrogens with zero attached hydrogens (tertiary/aromatic N) is 3. The third kappa shape index (κ3) is 4.32. The maximum Gasteiger partial charge on any atom is 0.328 e. The van der Waals surface area contributed by atoms with Crippen LogP contribution in [-0.2, 0) is 19.5 Å². The smallest absolute Gasteiger partial charge is 0.299 e. The SMILES string of the molecule is CCCCc1cn(CCCC)c(=O)n1Cc1ccc(Br)nc1. The number of imidazole rings is 1. The lowest BCUT2D eigenvalue weighted by molar-refractivity contribution is 0.591. The van der Waals surface area contributed by atoms with E-state index in [1.54, 1.807) is 0 Å². The van der Waals surface area contributed by atoms with E-state index in [2.05, 4.69) is 34.8 Å². The highest BCUT2D eigenvalue weighted by atomic mass is 79.9. The molecule has 0 aliphatic carbocycles. The zero-order chi connectivity index (χ0) is 15.9. The van der Waals surface area contributed by atoms with Crippen molar-refractivity contribution in [2.45, 2.75) is 59.0 Å². The van der Waals surface area contributed by atoms with E-state index in [0.717, 1.165) is 54.5 Å². The molecule has 4 nitrogen and oxygen atoms in total. The molecule has 0 unspecified atom stereocenters. The van der Waals surface area contributed by atoms with Gasteiger partial charge in [-0.3, -0.25) is 9.13 Å². The standard InChI is InChI=1S/C17H24BrN3O/c1-3-5-7-15-13-20(10-6-4-2)17(22)21(15)12-14-8-9-16(18)19-11-14/h8-9,11,13H,3-7,10,12H2,1-2H3. The molecular weight excluding hydrogens is 342 g/mol. The molecule has 0 aliphatic heterocycles. The first-order valence-electron chi connectivity index (χ1n) is 8.05. The van der Waals surface area contributed by atoms with Gasteiger partial charge >= 0.3 is 5.69 Å². The molecular formula is C17H24BrN3O. The quantitative estimate of drug-likeness (QED) is 0.663. The fraction of sp³-hybridized carbons (Fsp3) is 0.529. The van der Waals surface area contributed by atoms with E-state index in [1.165, 1.54) is 0 Å². The molecule has 2 aromatic heterocycles. The number of aryl methyl sites for hydroxylation is 2.